The Morgan fingerprint density at radius 2 is 2.11 bits per heavy atom. The van der Waals surface area contributed by atoms with Gasteiger partial charge in [0.05, 0.1) is 18.2 Å². The summed E-state index contributed by atoms with van der Waals surface area (Å²) >= 11 is 1.54. The first kappa shape index (κ1) is 12.9. The van der Waals surface area contributed by atoms with Crippen LogP contribution in [0.25, 0.3) is 11.3 Å². The van der Waals surface area contributed by atoms with Gasteiger partial charge in [-0.3, -0.25) is 4.79 Å². The SMILES string of the molecule is CNC(C)C(=O)Cc1nc(-c2ccccc2)cs1. The fourth-order valence-electron chi connectivity index (χ4n) is 1.60. The van der Waals surface area contributed by atoms with E-state index in [9.17, 15) is 4.79 Å². The van der Waals surface area contributed by atoms with E-state index in [2.05, 4.69) is 10.3 Å². The minimum absolute atomic E-state index is 0.117. The van der Waals surface area contributed by atoms with Crippen molar-refractivity contribution in [3.8, 4) is 11.3 Å². The molecule has 0 saturated carbocycles. The Balaban J connectivity index is 2.10. The molecule has 1 unspecified atom stereocenters. The van der Waals surface area contributed by atoms with E-state index in [1.54, 1.807) is 18.4 Å². The lowest BCUT2D eigenvalue weighted by Crippen LogP contribution is -2.31. The van der Waals surface area contributed by atoms with E-state index >= 15 is 0 Å². The zero-order chi connectivity index (χ0) is 13.0. The number of hydrogen-bond donors (Lipinski definition) is 1. The van der Waals surface area contributed by atoms with Gasteiger partial charge in [0.15, 0.2) is 5.78 Å². The monoisotopic (exact) mass is 260 g/mol. The molecule has 3 nitrogen and oxygen atoms in total. The van der Waals surface area contributed by atoms with Crippen LogP contribution in [0.1, 0.15) is 11.9 Å². The van der Waals surface area contributed by atoms with Crippen molar-refractivity contribution < 1.29 is 4.79 Å². The highest BCUT2D eigenvalue weighted by Crippen LogP contribution is 2.21. The summed E-state index contributed by atoms with van der Waals surface area (Å²) in [5.74, 6) is 0.173. The topological polar surface area (TPSA) is 42.0 Å². The van der Waals surface area contributed by atoms with Crippen LogP contribution >= 0.6 is 11.3 Å². The van der Waals surface area contributed by atoms with Gasteiger partial charge in [-0.05, 0) is 14.0 Å². The van der Waals surface area contributed by atoms with Gasteiger partial charge in [-0.25, -0.2) is 4.98 Å². The minimum atomic E-state index is -0.117. The average Bonchev–Trinajstić information content (AvgIpc) is 2.87. The number of ketones is 1. The lowest BCUT2D eigenvalue weighted by atomic mass is 10.1. The van der Waals surface area contributed by atoms with E-state index in [1.165, 1.54) is 0 Å². The summed E-state index contributed by atoms with van der Waals surface area (Å²) in [5, 5.41) is 5.83. The van der Waals surface area contributed by atoms with Gasteiger partial charge >= 0.3 is 0 Å². The lowest BCUT2D eigenvalue weighted by molar-refractivity contribution is -0.119. The highest BCUT2D eigenvalue weighted by atomic mass is 32.1. The van der Waals surface area contributed by atoms with Crippen LogP contribution in [0, 0.1) is 0 Å². The van der Waals surface area contributed by atoms with E-state index in [0.717, 1.165) is 16.3 Å². The maximum absolute atomic E-state index is 11.8. The summed E-state index contributed by atoms with van der Waals surface area (Å²) in [7, 11) is 1.79. The second kappa shape index (κ2) is 5.89. The van der Waals surface area contributed by atoms with Crippen LogP contribution in [0.4, 0.5) is 0 Å². The van der Waals surface area contributed by atoms with E-state index in [0.29, 0.717) is 6.42 Å². The highest BCUT2D eigenvalue weighted by Gasteiger charge is 2.13. The number of hydrogen-bond acceptors (Lipinski definition) is 4. The number of aromatic nitrogens is 1. The largest absolute Gasteiger partial charge is 0.311 e. The van der Waals surface area contributed by atoms with Crippen molar-refractivity contribution in [2.75, 3.05) is 7.05 Å². The van der Waals surface area contributed by atoms with E-state index < -0.39 is 0 Å². The van der Waals surface area contributed by atoms with Gasteiger partial charge < -0.3 is 5.32 Å². The molecular formula is C14H16N2OS. The van der Waals surface area contributed by atoms with Crippen molar-refractivity contribution in [1.29, 1.82) is 0 Å². The van der Waals surface area contributed by atoms with Crippen LogP contribution in [0.2, 0.25) is 0 Å². The predicted octanol–water partition coefficient (Wildman–Crippen LogP) is 2.53. The molecule has 2 aromatic rings. The van der Waals surface area contributed by atoms with Crippen LogP contribution in [0.5, 0.6) is 0 Å². The summed E-state index contributed by atoms with van der Waals surface area (Å²) in [6.45, 7) is 1.87. The number of likely N-dealkylation sites (N-methyl/N-ethyl adjacent to an activating group) is 1. The molecule has 0 aliphatic heterocycles. The third-order valence-electron chi connectivity index (χ3n) is 2.86. The normalized spacial score (nSPS) is 12.3. The Kier molecular flexibility index (Phi) is 4.23. The zero-order valence-electron chi connectivity index (χ0n) is 10.5. The van der Waals surface area contributed by atoms with Crippen molar-refractivity contribution in [2.24, 2.45) is 0 Å². The fourth-order valence-corrected chi connectivity index (χ4v) is 2.41. The smallest absolute Gasteiger partial charge is 0.156 e. The molecule has 1 aromatic heterocycles. The second-order valence-electron chi connectivity index (χ2n) is 4.15. The number of carbonyl (C=O) groups is 1. The molecule has 1 N–H and O–H groups in total. The van der Waals surface area contributed by atoms with Crippen molar-refractivity contribution in [1.82, 2.24) is 10.3 Å². The number of Topliss-reactive ketones (excluding diaryl/α,β-unsaturated/α-hetero) is 1. The van der Waals surface area contributed by atoms with Crippen molar-refractivity contribution in [3.05, 3.63) is 40.7 Å². The molecule has 18 heavy (non-hydrogen) atoms. The van der Waals surface area contributed by atoms with Crippen LogP contribution < -0.4 is 5.32 Å². The van der Waals surface area contributed by atoms with E-state index in [4.69, 9.17) is 0 Å². The van der Waals surface area contributed by atoms with Gasteiger partial charge in [0, 0.05) is 10.9 Å². The molecule has 1 aromatic carbocycles. The number of thiazole rings is 1. The molecule has 0 saturated heterocycles. The molecule has 94 valence electrons. The quantitative estimate of drug-likeness (QED) is 0.898. The van der Waals surface area contributed by atoms with Gasteiger partial charge in [-0.1, -0.05) is 30.3 Å². The third kappa shape index (κ3) is 3.03. The fraction of sp³-hybridized carbons (Fsp3) is 0.286. The summed E-state index contributed by atoms with van der Waals surface area (Å²) in [4.78, 5) is 16.3. The first-order chi connectivity index (χ1) is 8.70. The van der Waals surface area contributed by atoms with Gasteiger partial charge in [0.25, 0.3) is 0 Å². The third-order valence-corrected chi connectivity index (χ3v) is 3.71. The number of nitrogens with zero attached hydrogens (tertiary/aromatic N) is 1. The molecule has 0 spiro atoms. The average molecular weight is 260 g/mol. The van der Waals surface area contributed by atoms with Gasteiger partial charge in [-0.15, -0.1) is 11.3 Å². The Morgan fingerprint density at radius 3 is 2.78 bits per heavy atom. The van der Waals surface area contributed by atoms with Crippen LogP contribution in [-0.2, 0) is 11.2 Å². The van der Waals surface area contributed by atoms with Crippen molar-refractivity contribution in [2.45, 2.75) is 19.4 Å². The van der Waals surface area contributed by atoms with Gasteiger partial charge in [0.2, 0.25) is 0 Å². The molecule has 0 fully saturated rings. The summed E-state index contributed by atoms with van der Waals surface area (Å²) in [6.07, 6.45) is 0.402. The van der Waals surface area contributed by atoms with Crippen LogP contribution in [0.15, 0.2) is 35.7 Å². The Bertz CT molecular complexity index is 522. The Labute approximate surface area is 111 Å². The number of nitrogens with one attached hydrogen (secondary N) is 1. The molecule has 0 amide bonds. The van der Waals surface area contributed by atoms with E-state index in [1.807, 2.05) is 42.6 Å². The molecule has 2 rings (SSSR count). The highest BCUT2D eigenvalue weighted by molar-refractivity contribution is 7.10. The summed E-state index contributed by atoms with van der Waals surface area (Å²) < 4.78 is 0. The lowest BCUT2D eigenvalue weighted by Gasteiger charge is -2.06. The first-order valence-electron chi connectivity index (χ1n) is 5.90. The standard InChI is InChI=1S/C14H16N2OS/c1-10(15-2)13(17)8-14-16-12(9-18-14)11-6-4-3-5-7-11/h3-7,9-10,15H,8H2,1-2H3. The number of carbonyl (C=O) groups excluding carboxylic acids is 1. The summed E-state index contributed by atoms with van der Waals surface area (Å²) in [6, 6.07) is 9.89. The van der Waals surface area contributed by atoms with E-state index in [-0.39, 0.29) is 11.8 Å². The predicted molar refractivity (Wildman–Crippen MR) is 74.8 cm³/mol. The van der Waals surface area contributed by atoms with Gasteiger partial charge in [0.1, 0.15) is 5.01 Å². The molecule has 1 heterocycles. The van der Waals surface area contributed by atoms with Crippen LogP contribution in [0.3, 0.4) is 0 Å². The van der Waals surface area contributed by atoms with Crippen molar-refractivity contribution in [3.63, 3.8) is 0 Å². The maximum atomic E-state index is 11.8. The molecule has 0 aliphatic carbocycles. The zero-order valence-corrected chi connectivity index (χ0v) is 11.3. The number of benzene rings is 1. The Hall–Kier alpha value is -1.52. The molecule has 0 radical (unpaired) electrons. The molecule has 0 aliphatic rings. The molecule has 0 bridgehead atoms. The minimum Gasteiger partial charge on any atom is -0.311 e. The molecule has 4 heteroatoms. The van der Waals surface area contributed by atoms with Gasteiger partial charge in [-0.2, -0.15) is 0 Å². The maximum Gasteiger partial charge on any atom is 0.156 e. The van der Waals surface area contributed by atoms with Crippen LogP contribution in [-0.4, -0.2) is 23.9 Å². The Morgan fingerprint density at radius 1 is 1.39 bits per heavy atom. The molecular weight excluding hydrogens is 244 g/mol. The second-order valence-corrected chi connectivity index (χ2v) is 5.09. The first-order valence-corrected chi connectivity index (χ1v) is 6.78. The molecule has 1 atom stereocenters. The number of rotatable bonds is 5. The summed E-state index contributed by atoms with van der Waals surface area (Å²) in [5.41, 5.74) is 2.04. The van der Waals surface area contributed by atoms with Crippen molar-refractivity contribution >= 4 is 17.1 Å².